The minimum atomic E-state index is -3.87. The zero-order valence-corrected chi connectivity index (χ0v) is 23.2. The van der Waals surface area contributed by atoms with Crippen molar-refractivity contribution in [3.63, 3.8) is 0 Å². The maximum atomic E-state index is 13.5. The smallest absolute Gasteiger partial charge is 0.307 e. The summed E-state index contributed by atoms with van der Waals surface area (Å²) in [7, 11) is -7.60. The zero-order valence-electron chi connectivity index (χ0n) is 18.4. The van der Waals surface area contributed by atoms with Gasteiger partial charge in [-0.05, 0) is 32.6 Å². The molecule has 6 atom stereocenters. The zero-order chi connectivity index (χ0) is 23.4. The topological polar surface area (TPSA) is 71.1 Å². The molecule has 0 bridgehead atoms. The second kappa shape index (κ2) is 16.1. The van der Waals surface area contributed by atoms with E-state index in [0.29, 0.717) is 25.7 Å². The van der Waals surface area contributed by atoms with Crippen LogP contribution in [0, 0.1) is 0 Å². The van der Waals surface area contributed by atoms with Crippen LogP contribution in [0.4, 0.5) is 0 Å². The molecule has 0 saturated heterocycles. The first kappa shape index (κ1) is 31.5. The summed E-state index contributed by atoms with van der Waals surface area (Å²) in [6.07, 6.45) is 2.36. The van der Waals surface area contributed by atoms with Crippen LogP contribution in [0.5, 0.6) is 0 Å². The first-order chi connectivity index (χ1) is 13.9. The van der Waals surface area contributed by atoms with Crippen molar-refractivity contribution >= 4 is 61.6 Å². The lowest BCUT2D eigenvalue weighted by molar-refractivity contribution is 0.137. The standard InChI is InChI=1S/C18H36Cl4O6P2/c1-6-15(19)10-25-29(23,13-18(22)9-4)28-14(5)30(24,26-11-16(20)7-2)27-12-17(21)8-3/h14-18H,6-13H2,1-5H3/t14-,15+,16-,17-,18-,29-/m1/s1. The van der Waals surface area contributed by atoms with Gasteiger partial charge in [0.2, 0.25) is 0 Å². The monoisotopic (exact) mass is 550 g/mol. The average Bonchev–Trinajstić information content (AvgIpc) is 2.73. The third-order valence-electron chi connectivity index (χ3n) is 4.27. The van der Waals surface area contributed by atoms with Gasteiger partial charge >= 0.3 is 15.2 Å². The van der Waals surface area contributed by atoms with Crippen LogP contribution in [-0.4, -0.2) is 53.3 Å². The molecule has 0 unspecified atom stereocenters. The van der Waals surface area contributed by atoms with Gasteiger partial charge in [0.25, 0.3) is 0 Å². The highest BCUT2D eigenvalue weighted by Gasteiger charge is 2.41. The molecule has 0 aliphatic carbocycles. The molecule has 0 spiro atoms. The Morgan fingerprint density at radius 1 is 0.667 bits per heavy atom. The number of halogens is 4. The molecule has 0 N–H and O–H groups in total. The largest absolute Gasteiger partial charge is 0.359 e. The van der Waals surface area contributed by atoms with Crippen LogP contribution >= 0.6 is 61.6 Å². The molecule has 0 rings (SSSR count). The second-order valence-electron chi connectivity index (χ2n) is 6.95. The summed E-state index contributed by atoms with van der Waals surface area (Å²) < 4.78 is 49.2. The maximum Gasteiger partial charge on any atom is 0.359 e. The van der Waals surface area contributed by atoms with E-state index in [0.717, 1.165) is 0 Å². The Hall–Kier alpha value is 1.46. The number of alkyl halides is 4. The average molecular weight is 552 g/mol. The molecule has 0 aliphatic rings. The molecule has 0 fully saturated rings. The quantitative estimate of drug-likeness (QED) is 0.127. The third kappa shape index (κ3) is 12.6. The van der Waals surface area contributed by atoms with Crippen molar-refractivity contribution in [2.24, 2.45) is 0 Å². The van der Waals surface area contributed by atoms with Gasteiger partial charge in [0.1, 0.15) is 0 Å². The molecule has 0 amide bonds. The van der Waals surface area contributed by atoms with Gasteiger partial charge in [-0.15, -0.1) is 46.4 Å². The summed E-state index contributed by atoms with van der Waals surface area (Å²) in [5.41, 5.74) is 0. The van der Waals surface area contributed by atoms with Crippen LogP contribution in [0.25, 0.3) is 0 Å². The molecule has 30 heavy (non-hydrogen) atoms. The minimum absolute atomic E-state index is 0.0139. The van der Waals surface area contributed by atoms with Crippen LogP contribution in [0.15, 0.2) is 0 Å². The van der Waals surface area contributed by atoms with E-state index in [4.69, 9.17) is 64.5 Å². The normalized spacial score (nSPS) is 19.6. The van der Waals surface area contributed by atoms with E-state index < -0.39 is 26.4 Å². The van der Waals surface area contributed by atoms with Crippen molar-refractivity contribution in [1.82, 2.24) is 0 Å². The van der Waals surface area contributed by atoms with Crippen molar-refractivity contribution in [3.8, 4) is 0 Å². The van der Waals surface area contributed by atoms with Crippen LogP contribution < -0.4 is 0 Å². The molecule has 0 aromatic carbocycles. The van der Waals surface area contributed by atoms with Gasteiger partial charge in [-0.3, -0.25) is 13.7 Å². The minimum Gasteiger partial charge on any atom is -0.307 e. The van der Waals surface area contributed by atoms with E-state index in [1.807, 2.05) is 27.7 Å². The summed E-state index contributed by atoms with van der Waals surface area (Å²) >= 11 is 24.5. The van der Waals surface area contributed by atoms with E-state index in [1.165, 1.54) is 6.92 Å². The summed E-state index contributed by atoms with van der Waals surface area (Å²) in [5, 5.41) is -1.50. The van der Waals surface area contributed by atoms with E-state index in [1.54, 1.807) is 0 Å². The summed E-state index contributed by atoms with van der Waals surface area (Å²) in [5.74, 6) is -1.18. The number of hydrogen-bond acceptors (Lipinski definition) is 6. The lowest BCUT2D eigenvalue weighted by Gasteiger charge is -2.29. The SMILES string of the molecule is CC[C@@H](Cl)COP(=O)(OC[C@H](Cl)CC)[C@H](C)O[P@@](=O)(C[C@H](Cl)CC)OC[C@@H](Cl)CC. The molecule has 0 aliphatic heterocycles. The summed E-state index contributed by atoms with van der Waals surface area (Å²) in [4.78, 5) is 0. The van der Waals surface area contributed by atoms with E-state index in [-0.39, 0.29) is 42.1 Å². The van der Waals surface area contributed by atoms with Gasteiger partial charge in [0.05, 0.1) is 42.1 Å². The molecule has 0 radical (unpaired) electrons. The van der Waals surface area contributed by atoms with Gasteiger partial charge in [-0.2, -0.15) is 0 Å². The predicted molar refractivity (Wildman–Crippen MR) is 128 cm³/mol. The number of hydrogen-bond donors (Lipinski definition) is 0. The van der Waals surface area contributed by atoms with Crippen molar-refractivity contribution < 1.29 is 27.2 Å². The van der Waals surface area contributed by atoms with Crippen LogP contribution in [-0.2, 0) is 27.2 Å². The fourth-order valence-electron chi connectivity index (χ4n) is 1.95. The first-order valence-electron chi connectivity index (χ1n) is 10.3. The van der Waals surface area contributed by atoms with Crippen molar-refractivity contribution in [3.05, 3.63) is 0 Å². The second-order valence-corrected chi connectivity index (χ2v) is 13.8. The summed E-state index contributed by atoms with van der Waals surface area (Å²) in [6, 6.07) is 0. The van der Waals surface area contributed by atoms with E-state index in [9.17, 15) is 9.13 Å². The Bertz CT molecular complexity index is 539. The van der Waals surface area contributed by atoms with E-state index >= 15 is 0 Å². The van der Waals surface area contributed by atoms with Crippen LogP contribution in [0.1, 0.15) is 60.3 Å². The molecule has 6 nitrogen and oxygen atoms in total. The van der Waals surface area contributed by atoms with Gasteiger partial charge in [-0.1, -0.05) is 27.7 Å². The highest BCUT2D eigenvalue weighted by molar-refractivity contribution is 7.57. The Balaban J connectivity index is 5.50. The molecular formula is C18H36Cl4O6P2. The Labute approximate surface area is 202 Å². The Morgan fingerprint density at radius 3 is 1.40 bits per heavy atom. The fourth-order valence-corrected chi connectivity index (χ4v) is 6.94. The lowest BCUT2D eigenvalue weighted by atomic mass is 10.4. The van der Waals surface area contributed by atoms with Crippen molar-refractivity contribution in [2.75, 3.05) is 26.0 Å². The fraction of sp³-hybridized carbons (Fsp3) is 1.00. The summed E-state index contributed by atoms with van der Waals surface area (Å²) in [6.45, 7) is 8.95. The number of rotatable bonds is 18. The molecule has 182 valence electrons. The molecule has 0 aromatic rings. The van der Waals surface area contributed by atoms with Gasteiger partial charge < -0.3 is 13.6 Å². The molecule has 0 aromatic heterocycles. The predicted octanol–water partition coefficient (Wildman–Crippen LogP) is 7.85. The first-order valence-corrected chi connectivity index (χ1v) is 15.4. The Kier molecular flexibility index (Phi) is 16.9. The van der Waals surface area contributed by atoms with Gasteiger partial charge in [-0.25, -0.2) is 0 Å². The highest BCUT2D eigenvalue weighted by Crippen LogP contribution is 2.61. The molecule has 0 heterocycles. The molecule has 12 heteroatoms. The molecule has 0 saturated carbocycles. The van der Waals surface area contributed by atoms with Crippen LogP contribution in [0.3, 0.4) is 0 Å². The van der Waals surface area contributed by atoms with Gasteiger partial charge in [0, 0.05) is 5.38 Å². The third-order valence-corrected chi connectivity index (χ3v) is 10.5. The van der Waals surface area contributed by atoms with Gasteiger partial charge in [0.15, 0.2) is 5.85 Å². The van der Waals surface area contributed by atoms with Crippen molar-refractivity contribution in [2.45, 2.75) is 87.7 Å². The van der Waals surface area contributed by atoms with Crippen LogP contribution in [0.2, 0.25) is 0 Å². The Morgan fingerprint density at radius 2 is 1.03 bits per heavy atom. The maximum absolute atomic E-state index is 13.5. The highest BCUT2D eigenvalue weighted by atomic mass is 35.5. The lowest BCUT2D eigenvalue weighted by Crippen LogP contribution is -2.21. The molecular weight excluding hydrogens is 516 g/mol. The van der Waals surface area contributed by atoms with Crippen molar-refractivity contribution in [1.29, 1.82) is 0 Å². The van der Waals surface area contributed by atoms with E-state index in [2.05, 4.69) is 0 Å².